The van der Waals surface area contributed by atoms with Gasteiger partial charge in [0.1, 0.15) is 11.9 Å². The van der Waals surface area contributed by atoms with Crippen molar-refractivity contribution in [1.82, 2.24) is 4.31 Å². The van der Waals surface area contributed by atoms with Crippen LogP contribution in [0.3, 0.4) is 0 Å². The molecule has 1 aliphatic heterocycles. The second-order valence-corrected chi connectivity index (χ2v) is 7.39. The van der Waals surface area contributed by atoms with Crippen molar-refractivity contribution in [2.75, 3.05) is 6.61 Å². The molecule has 7 heteroatoms. The second-order valence-electron chi connectivity index (χ2n) is 5.55. The Kier molecular flexibility index (Phi) is 4.37. The van der Waals surface area contributed by atoms with Crippen molar-refractivity contribution in [3.63, 3.8) is 0 Å². The molecule has 0 radical (unpaired) electrons. The Balaban J connectivity index is 1.99. The molecule has 1 saturated heterocycles. The number of aliphatic hydroxyl groups is 1. The van der Waals surface area contributed by atoms with Gasteiger partial charge < -0.3 is 5.11 Å². The van der Waals surface area contributed by atoms with Crippen molar-refractivity contribution in [2.45, 2.75) is 22.9 Å². The fourth-order valence-electron chi connectivity index (χ4n) is 3.10. The molecule has 0 bridgehead atoms. The number of aliphatic hydroxyl groups excluding tert-OH is 1. The Morgan fingerprint density at radius 1 is 1.12 bits per heavy atom. The summed E-state index contributed by atoms with van der Waals surface area (Å²) < 4.78 is 39.6. The monoisotopic (exact) mass is 346 g/mol. The normalized spacial score (nSPS) is 24.1. The van der Waals surface area contributed by atoms with Crippen LogP contribution in [-0.2, 0) is 10.0 Å². The van der Waals surface area contributed by atoms with Crippen LogP contribution in [0, 0.1) is 17.1 Å². The number of hydrogen-bond donors (Lipinski definition) is 1. The second kappa shape index (κ2) is 6.32. The molecule has 5 nitrogen and oxygen atoms in total. The predicted octanol–water partition coefficient (Wildman–Crippen LogP) is 1.87. The van der Waals surface area contributed by atoms with Gasteiger partial charge in [0.05, 0.1) is 23.6 Å². The van der Waals surface area contributed by atoms with Crippen molar-refractivity contribution in [3.05, 3.63) is 66.0 Å². The van der Waals surface area contributed by atoms with Crippen molar-refractivity contribution >= 4 is 10.0 Å². The zero-order valence-electron chi connectivity index (χ0n) is 12.6. The van der Waals surface area contributed by atoms with Gasteiger partial charge in [0.15, 0.2) is 0 Å². The smallest absolute Gasteiger partial charge is 0.244 e. The van der Waals surface area contributed by atoms with Gasteiger partial charge >= 0.3 is 0 Å². The lowest BCUT2D eigenvalue weighted by Gasteiger charge is -2.50. The lowest BCUT2D eigenvalue weighted by molar-refractivity contribution is 0.0557. The summed E-state index contributed by atoms with van der Waals surface area (Å²) >= 11 is 0. The van der Waals surface area contributed by atoms with Gasteiger partial charge in [-0.15, -0.1) is 0 Å². The molecule has 2 aromatic carbocycles. The number of rotatable bonds is 4. The van der Waals surface area contributed by atoms with Crippen molar-refractivity contribution in [2.24, 2.45) is 0 Å². The third-order valence-electron chi connectivity index (χ3n) is 4.25. The van der Waals surface area contributed by atoms with Crippen LogP contribution in [0.25, 0.3) is 0 Å². The van der Waals surface area contributed by atoms with Crippen LogP contribution in [0.15, 0.2) is 59.5 Å². The molecule has 0 saturated carbocycles. The van der Waals surface area contributed by atoms with Gasteiger partial charge in [0.2, 0.25) is 10.0 Å². The van der Waals surface area contributed by atoms with E-state index in [0.29, 0.717) is 0 Å². The highest BCUT2D eigenvalue weighted by atomic mass is 32.2. The van der Waals surface area contributed by atoms with E-state index in [-0.39, 0.29) is 4.90 Å². The zero-order valence-corrected chi connectivity index (χ0v) is 13.4. The topological polar surface area (TPSA) is 81.4 Å². The first kappa shape index (κ1) is 16.6. The number of nitriles is 1. The molecule has 0 unspecified atom stereocenters. The maximum absolute atomic E-state index is 13.0. The van der Waals surface area contributed by atoms with E-state index in [1.807, 2.05) is 12.1 Å². The number of sulfonamides is 1. The van der Waals surface area contributed by atoms with E-state index in [4.69, 9.17) is 0 Å². The summed E-state index contributed by atoms with van der Waals surface area (Å²) in [5, 5.41) is 19.1. The average Bonchev–Trinajstić information content (AvgIpc) is 2.56. The molecule has 1 fully saturated rings. The van der Waals surface area contributed by atoms with Crippen molar-refractivity contribution < 1.29 is 17.9 Å². The summed E-state index contributed by atoms with van der Waals surface area (Å²) in [6.07, 6.45) is 0. The van der Waals surface area contributed by atoms with E-state index in [1.165, 1.54) is 0 Å². The van der Waals surface area contributed by atoms with Crippen LogP contribution in [0.4, 0.5) is 4.39 Å². The van der Waals surface area contributed by atoms with E-state index >= 15 is 0 Å². The molecule has 3 atom stereocenters. The third-order valence-corrected chi connectivity index (χ3v) is 6.17. The molecule has 0 spiro atoms. The Hall–Kier alpha value is -2.27. The van der Waals surface area contributed by atoms with E-state index in [0.717, 1.165) is 34.1 Å². The molecule has 0 amide bonds. The largest absolute Gasteiger partial charge is 0.395 e. The number of hydrogen-bond acceptors (Lipinski definition) is 4. The number of nitrogens with zero attached hydrogens (tertiary/aromatic N) is 2. The highest BCUT2D eigenvalue weighted by Gasteiger charge is 2.55. The van der Waals surface area contributed by atoms with Crippen molar-refractivity contribution in [3.8, 4) is 6.07 Å². The Bertz CT molecular complexity index is 863. The molecule has 24 heavy (non-hydrogen) atoms. The van der Waals surface area contributed by atoms with Gasteiger partial charge in [0, 0.05) is 5.92 Å². The highest BCUT2D eigenvalue weighted by Crippen LogP contribution is 2.43. The first-order chi connectivity index (χ1) is 11.5. The van der Waals surface area contributed by atoms with E-state index in [1.54, 1.807) is 24.3 Å². The van der Waals surface area contributed by atoms with E-state index in [2.05, 4.69) is 0 Å². The predicted molar refractivity (Wildman–Crippen MR) is 84.9 cm³/mol. The van der Waals surface area contributed by atoms with Crippen LogP contribution in [0.2, 0.25) is 0 Å². The molecule has 3 rings (SSSR count). The minimum absolute atomic E-state index is 0.103. The van der Waals surface area contributed by atoms with Gasteiger partial charge in [-0.05, 0) is 29.8 Å². The molecular weight excluding hydrogens is 331 g/mol. The standard InChI is InChI=1S/C17H15FN2O3S/c18-13-6-8-14(9-7-13)24(22,23)20-15(10-19)17(16(20)11-21)12-4-2-1-3-5-12/h1-9,15-17,21H,11H2/t15-,16-,17+/m1/s1. The van der Waals surface area contributed by atoms with Crippen LogP contribution in [0.1, 0.15) is 11.5 Å². The quantitative estimate of drug-likeness (QED) is 0.916. The summed E-state index contributed by atoms with van der Waals surface area (Å²) in [6.45, 7) is -0.405. The average molecular weight is 346 g/mol. The summed E-state index contributed by atoms with van der Waals surface area (Å²) in [6, 6.07) is 13.8. The van der Waals surface area contributed by atoms with Gasteiger partial charge in [-0.25, -0.2) is 12.8 Å². The van der Waals surface area contributed by atoms with Crippen LogP contribution in [-0.4, -0.2) is 36.5 Å². The van der Waals surface area contributed by atoms with Gasteiger partial charge in [-0.2, -0.15) is 9.57 Å². The number of halogens is 1. The Morgan fingerprint density at radius 3 is 2.29 bits per heavy atom. The Morgan fingerprint density at radius 2 is 1.75 bits per heavy atom. The SMILES string of the molecule is N#C[C@@H]1[C@H](c2ccccc2)[C@@H](CO)N1S(=O)(=O)c1ccc(F)cc1. The zero-order chi connectivity index (χ0) is 17.3. The minimum Gasteiger partial charge on any atom is -0.395 e. The molecule has 0 aromatic heterocycles. The van der Waals surface area contributed by atoms with Gasteiger partial charge in [0.25, 0.3) is 0 Å². The van der Waals surface area contributed by atoms with Gasteiger partial charge in [-0.3, -0.25) is 0 Å². The van der Waals surface area contributed by atoms with Gasteiger partial charge in [-0.1, -0.05) is 30.3 Å². The molecule has 0 aliphatic carbocycles. The Labute approximate surface area is 139 Å². The summed E-state index contributed by atoms with van der Waals surface area (Å²) in [5.41, 5.74) is 0.800. The third kappa shape index (κ3) is 2.59. The first-order valence-corrected chi connectivity index (χ1v) is 8.79. The van der Waals surface area contributed by atoms with Crippen LogP contribution < -0.4 is 0 Å². The molecular formula is C17H15FN2O3S. The molecule has 2 aromatic rings. The van der Waals surface area contributed by atoms with Crippen LogP contribution in [0.5, 0.6) is 0 Å². The fraction of sp³-hybridized carbons (Fsp3) is 0.235. The summed E-state index contributed by atoms with van der Waals surface area (Å²) in [5.74, 6) is -0.952. The lowest BCUT2D eigenvalue weighted by Crippen LogP contribution is -2.64. The molecule has 1 aliphatic rings. The molecule has 1 N–H and O–H groups in total. The number of benzene rings is 2. The maximum atomic E-state index is 13.0. The van der Waals surface area contributed by atoms with Crippen molar-refractivity contribution in [1.29, 1.82) is 5.26 Å². The fourth-order valence-corrected chi connectivity index (χ4v) is 4.85. The van der Waals surface area contributed by atoms with Crippen LogP contribution >= 0.6 is 0 Å². The summed E-state index contributed by atoms with van der Waals surface area (Å²) in [4.78, 5) is -0.103. The summed E-state index contributed by atoms with van der Waals surface area (Å²) in [7, 11) is -4.00. The minimum atomic E-state index is -4.00. The van der Waals surface area contributed by atoms with E-state index < -0.39 is 40.4 Å². The maximum Gasteiger partial charge on any atom is 0.244 e. The first-order valence-electron chi connectivity index (χ1n) is 7.35. The lowest BCUT2D eigenvalue weighted by atomic mass is 9.78. The molecule has 124 valence electrons. The highest BCUT2D eigenvalue weighted by molar-refractivity contribution is 7.89. The molecule has 1 heterocycles. The van der Waals surface area contributed by atoms with E-state index in [9.17, 15) is 23.2 Å².